The normalized spacial score (nSPS) is 13.3. The maximum Gasteiger partial charge on any atom is 0.407 e. The fraction of sp³-hybridized carbons (Fsp3) is 0.815. The lowest BCUT2D eigenvalue weighted by Crippen LogP contribution is -2.47. The van der Waals surface area contributed by atoms with Gasteiger partial charge in [0.25, 0.3) is 0 Å². The third kappa shape index (κ3) is 21.8. The number of amides is 2. The minimum atomic E-state index is -1.06. The molecule has 0 aromatic rings. The van der Waals surface area contributed by atoms with Crippen molar-refractivity contribution in [1.29, 1.82) is 0 Å². The Morgan fingerprint density at radius 2 is 0.950 bits per heavy atom. The first kappa shape index (κ1) is 41.4. The molecule has 0 rings (SSSR count). The summed E-state index contributed by atoms with van der Waals surface area (Å²) in [5.74, 6) is -1.93. The molecule has 0 heterocycles. The lowest BCUT2D eigenvalue weighted by molar-refractivity contribution is -0.159. The third-order valence-corrected chi connectivity index (χ3v) is 4.57. The van der Waals surface area contributed by atoms with E-state index in [-0.39, 0.29) is 23.7 Å². The van der Waals surface area contributed by atoms with Crippen LogP contribution in [-0.2, 0) is 33.3 Å². The van der Waals surface area contributed by atoms with E-state index in [1.807, 2.05) is 48.5 Å². The summed E-state index contributed by atoms with van der Waals surface area (Å²) in [5, 5.41) is 13.3. The molecule has 0 saturated heterocycles. The van der Waals surface area contributed by atoms with Crippen LogP contribution in [0.25, 0.3) is 0 Å². The Kier molecular flexibility index (Phi) is 19.7. The van der Waals surface area contributed by atoms with Gasteiger partial charge in [0.1, 0.15) is 29.3 Å². The van der Waals surface area contributed by atoms with Crippen LogP contribution in [-0.4, -0.2) is 78.7 Å². The monoisotopic (exact) mass is 579 g/mol. The lowest BCUT2D eigenvalue weighted by Gasteiger charge is -2.26. The summed E-state index contributed by atoms with van der Waals surface area (Å²) in [4.78, 5) is 55.2. The first-order valence-electron chi connectivity index (χ1n) is 13.0. The minimum Gasteiger partial charge on any atom is -0.480 e. The highest BCUT2D eigenvalue weighted by Gasteiger charge is 2.29. The largest absolute Gasteiger partial charge is 0.480 e. The summed E-state index contributed by atoms with van der Waals surface area (Å²) in [5.41, 5.74) is 4.58. The Morgan fingerprint density at radius 1 is 0.625 bits per heavy atom. The summed E-state index contributed by atoms with van der Waals surface area (Å²) in [6.07, 6.45) is -1.36. The number of nitrogens with two attached hydrogens (primary N) is 1. The molecule has 0 bridgehead atoms. The summed E-state index contributed by atoms with van der Waals surface area (Å²) in [6.45, 7) is 21.7. The second kappa shape index (κ2) is 19.1. The molecule has 5 N–H and O–H groups in total. The van der Waals surface area contributed by atoms with Crippen LogP contribution in [0.3, 0.4) is 0 Å². The van der Waals surface area contributed by atoms with Gasteiger partial charge in [-0.1, -0.05) is 41.5 Å². The van der Waals surface area contributed by atoms with Crippen LogP contribution in [0.4, 0.5) is 9.59 Å². The molecule has 0 spiro atoms. The third-order valence-electron chi connectivity index (χ3n) is 4.57. The molecule has 0 aromatic heterocycles. The van der Waals surface area contributed by atoms with E-state index in [2.05, 4.69) is 20.1 Å². The van der Waals surface area contributed by atoms with Crippen molar-refractivity contribution in [2.45, 2.75) is 112 Å². The van der Waals surface area contributed by atoms with Gasteiger partial charge in [0.2, 0.25) is 0 Å². The van der Waals surface area contributed by atoms with Gasteiger partial charge in [-0.25, -0.2) is 19.2 Å². The molecule has 0 radical (unpaired) electrons. The SMILES string of the molecule is CC(C)C(N)C(=O)OC(C)(C)C.COC(=O)NC(C(=O)O)C(C)C.COC(=O)NC(C(=O)OC(C)(C)C)C(C)C. The van der Waals surface area contributed by atoms with Crippen LogP contribution in [0.15, 0.2) is 0 Å². The van der Waals surface area contributed by atoms with Gasteiger partial charge in [-0.3, -0.25) is 4.79 Å². The van der Waals surface area contributed by atoms with Crippen molar-refractivity contribution < 1.29 is 48.0 Å². The predicted molar refractivity (Wildman–Crippen MR) is 150 cm³/mol. The maximum absolute atomic E-state index is 11.8. The van der Waals surface area contributed by atoms with E-state index in [9.17, 15) is 24.0 Å². The van der Waals surface area contributed by atoms with E-state index in [1.54, 1.807) is 34.6 Å². The van der Waals surface area contributed by atoms with Gasteiger partial charge in [0, 0.05) is 0 Å². The van der Waals surface area contributed by atoms with Crippen molar-refractivity contribution in [3.63, 3.8) is 0 Å². The molecular weight excluding hydrogens is 526 g/mol. The smallest absolute Gasteiger partial charge is 0.407 e. The maximum atomic E-state index is 11.8. The Hall–Kier alpha value is -3.09. The zero-order valence-corrected chi connectivity index (χ0v) is 26.7. The van der Waals surface area contributed by atoms with Crippen molar-refractivity contribution in [3.8, 4) is 0 Å². The van der Waals surface area contributed by atoms with Gasteiger partial charge in [0.15, 0.2) is 0 Å². The quantitative estimate of drug-likeness (QED) is 0.243. The predicted octanol–water partition coefficient (Wildman–Crippen LogP) is 3.47. The zero-order valence-electron chi connectivity index (χ0n) is 26.7. The van der Waals surface area contributed by atoms with E-state index < -0.39 is 53.5 Å². The van der Waals surface area contributed by atoms with Crippen LogP contribution >= 0.6 is 0 Å². The zero-order chi connectivity index (χ0) is 32.6. The molecule has 40 heavy (non-hydrogen) atoms. The molecule has 0 aliphatic heterocycles. The van der Waals surface area contributed by atoms with Crippen LogP contribution in [0.2, 0.25) is 0 Å². The number of esters is 2. The second-order valence-corrected chi connectivity index (χ2v) is 11.9. The average molecular weight is 580 g/mol. The first-order chi connectivity index (χ1) is 17.9. The van der Waals surface area contributed by atoms with Crippen molar-refractivity contribution >= 4 is 30.1 Å². The Labute approximate surface area is 239 Å². The lowest BCUT2D eigenvalue weighted by atomic mass is 10.0. The molecule has 13 heteroatoms. The van der Waals surface area contributed by atoms with Gasteiger partial charge in [-0.2, -0.15) is 0 Å². The number of rotatable bonds is 8. The summed E-state index contributed by atoms with van der Waals surface area (Å²) in [7, 11) is 2.44. The number of nitrogens with one attached hydrogen (secondary N) is 2. The number of ether oxygens (including phenoxy) is 4. The molecule has 0 fully saturated rings. The average Bonchev–Trinajstić information content (AvgIpc) is 2.77. The Morgan fingerprint density at radius 3 is 1.20 bits per heavy atom. The molecule has 0 saturated carbocycles. The van der Waals surface area contributed by atoms with E-state index in [0.717, 1.165) is 0 Å². The van der Waals surface area contributed by atoms with Gasteiger partial charge in [-0.05, 0) is 59.3 Å². The second-order valence-electron chi connectivity index (χ2n) is 11.9. The van der Waals surface area contributed by atoms with Crippen LogP contribution in [0.1, 0.15) is 83.1 Å². The fourth-order valence-electron chi connectivity index (χ4n) is 2.39. The number of aliphatic carboxylic acids is 1. The molecule has 3 atom stereocenters. The Balaban J connectivity index is -0.000000522. The molecule has 0 aromatic carbocycles. The van der Waals surface area contributed by atoms with Gasteiger partial charge in [-0.15, -0.1) is 0 Å². The fourth-order valence-corrected chi connectivity index (χ4v) is 2.39. The number of carbonyl (C=O) groups excluding carboxylic acids is 4. The van der Waals surface area contributed by atoms with E-state index in [0.29, 0.717) is 0 Å². The highest BCUT2D eigenvalue weighted by molar-refractivity contribution is 5.82. The van der Waals surface area contributed by atoms with E-state index in [1.165, 1.54) is 14.2 Å². The van der Waals surface area contributed by atoms with Gasteiger partial charge in [0.05, 0.1) is 14.2 Å². The molecule has 236 valence electrons. The molecule has 0 aliphatic carbocycles. The van der Waals surface area contributed by atoms with Crippen molar-refractivity contribution in [1.82, 2.24) is 10.6 Å². The minimum absolute atomic E-state index is 0.0612. The van der Waals surface area contributed by atoms with Crippen molar-refractivity contribution in [2.75, 3.05) is 14.2 Å². The molecule has 2 amide bonds. The van der Waals surface area contributed by atoms with E-state index >= 15 is 0 Å². The topological polar surface area (TPSA) is 193 Å². The molecule has 13 nitrogen and oxygen atoms in total. The molecule has 3 unspecified atom stereocenters. The van der Waals surface area contributed by atoms with Crippen molar-refractivity contribution in [2.24, 2.45) is 23.5 Å². The van der Waals surface area contributed by atoms with Crippen LogP contribution in [0.5, 0.6) is 0 Å². The summed E-state index contributed by atoms with van der Waals surface area (Å²) >= 11 is 0. The molecule has 0 aliphatic rings. The highest BCUT2D eigenvalue weighted by atomic mass is 16.6. The number of hydrogen-bond donors (Lipinski definition) is 4. The Bertz CT molecular complexity index is 799. The summed E-state index contributed by atoms with van der Waals surface area (Å²) < 4.78 is 19.0. The molecular formula is C27H53N3O10. The number of carboxylic acid groups (broad SMARTS) is 1. The van der Waals surface area contributed by atoms with Crippen LogP contribution < -0.4 is 16.4 Å². The standard InChI is InChI=1S/C11H21NO4.C9H19NO2.C7H13NO4/c1-7(2)8(12-10(14)15-6)9(13)16-11(3,4)5;1-6(2)7(10)8(11)12-9(3,4)5;1-4(2)5(6(9)10)8-7(11)12-3/h7-8H,1-6H3,(H,12,14);6-7H,10H2,1-5H3;4-5H,1-3H3,(H,8,11)(H,9,10). The number of hydrogen-bond acceptors (Lipinski definition) is 10. The van der Waals surface area contributed by atoms with Gasteiger partial charge < -0.3 is 40.4 Å². The van der Waals surface area contributed by atoms with E-state index in [4.69, 9.17) is 20.3 Å². The number of alkyl carbamates (subject to hydrolysis) is 2. The number of methoxy groups -OCH3 is 2. The van der Waals surface area contributed by atoms with Crippen molar-refractivity contribution in [3.05, 3.63) is 0 Å². The summed E-state index contributed by atoms with van der Waals surface area (Å²) in [6, 6.07) is -2.09. The van der Waals surface area contributed by atoms with Gasteiger partial charge >= 0.3 is 30.1 Å². The van der Waals surface area contributed by atoms with Crippen LogP contribution in [0, 0.1) is 17.8 Å². The number of carboxylic acids is 1. The first-order valence-corrected chi connectivity index (χ1v) is 13.0. The highest BCUT2D eigenvalue weighted by Crippen LogP contribution is 2.13. The number of carbonyl (C=O) groups is 5.